The average Bonchev–Trinajstić information content (AvgIpc) is 2.48. The molecule has 2 heteroatoms. The molecule has 0 radical (unpaired) electrons. The topological polar surface area (TPSA) is 17.1 Å². The Balaban J connectivity index is 2.83. The first kappa shape index (κ1) is 16.3. The third-order valence-corrected chi connectivity index (χ3v) is 9.11. The maximum absolute atomic E-state index is 11.5. The van der Waals surface area contributed by atoms with Crippen molar-refractivity contribution in [2.45, 2.75) is 32.7 Å². The van der Waals surface area contributed by atoms with E-state index in [-0.39, 0.29) is 10.8 Å². The molecule has 0 aliphatic carbocycles. The van der Waals surface area contributed by atoms with E-state index in [9.17, 15) is 4.79 Å². The van der Waals surface area contributed by atoms with Crippen molar-refractivity contribution in [3.63, 3.8) is 0 Å². The lowest BCUT2D eigenvalue weighted by molar-refractivity contribution is -0.111. The Labute approximate surface area is 134 Å². The maximum atomic E-state index is 11.5. The standard InChI is InChI=1S/C20H22OSi/c1-17(21)15-16-22(20(2,3)4,18-11-7-5-8-12-18)19-13-9-6-10-14-19/h5-14H,1-4H3. The summed E-state index contributed by atoms with van der Waals surface area (Å²) in [6.07, 6.45) is 0. The average molecular weight is 306 g/mol. The van der Waals surface area contributed by atoms with Crippen LogP contribution in [0, 0.1) is 11.5 Å². The van der Waals surface area contributed by atoms with E-state index >= 15 is 0 Å². The highest BCUT2D eigenvalue weighted by Gasteiger charge is 2.47. The van der Waals surface area contributed by atoms with Crippen molar-refractivity contribution in [1.82, 2.24) is 0 Å². The number of Topliss-reactive ketones (excluding diaryl/α,β-unsaturated/α-hetero) is 1. The second-order valence-corrected chi connectivity index (χ2v) is 10.9. The summed E-state index contributed by atoms with van der Waals surface area (Å²) in [7, 11) is -2.39. The van der Waals surface area contributed by atoms with Crippen LogP contribution >= 0.6 is 0 Å². The second kappa shape index (κ2) is 6.33. The summed E-state index contributed by atoms with van der Waals surface area (Å²) in [5, 5.41) is 2.47. The van der Waals surface area contributed by atoms with Gasteiger partial charge in [-0.2, -0.15) is 0 Å². The Kier molecular flexibility index (Phi) is 4.68. The molecule has 2 rings (SSSR count). The highest BCUT2D eigenvalue weighted by Crippen LogP contribution is 2.35. The molecule has 2 aromatic rings. The largest absolute Gasteiger partial charge is 0.285 e. The highest BCUT2D eigenvalue weighted by atomic mass is 28.3. The predicted molar refractivity (Wildman–Crippen MR) is 96.1 cm³/mol. The van der Waals surface area contributed by atoms with Gasteiger partial charge in [0.2, 0.25) is 13.9 Å². The lowest BCUT2D eigenvalue weighted by atomic mass is 10.2. The molecule has 1 nitrogen and oxygen atoms in total. The molecule has 0 atom stereocenters. The van der Waals surface area contributed by atoms with Crippen LogP contribution < -0.4 is 10.4 Å². The van der Waals surface area contributed by atoms with E-state index in [0.717, 1.165) is 0 Å². The Morgan fingerprint density at radius 3 is 1.59 bits per heavy atom. The quantitative estimate of drug-likeness (QED) is 0.615. The number of rotatable bonds is 2. The smallest absolute Gasteiger partial charge is 0.205 e. The number of carbonyl (C=O) groups is 1. The van der Waals surface area contributed by atoms with Gasteiger partial charge in [-0.15, -0.1) is 5.54 Å². The second-order valence-electron chi connectivity index (χ2n) is 6.54. The van der Waals surface area contributed by atoms with E-state index in [1.54, 1.807) is 0 Å². The van der Waals surface area contributed by atoms with Crippen molar-refractivity contribution in [3.05, 3.63) is 60.7 Å². The van der Waals surface area contributed by atoms with Gasteiger partial charge >= 0.3 is 0 Å². The van der Waals surface area contributed by atoms with Gasteiger partial charge in [-0.3, -0.25) is 4.79 Å². The van der Waals surface area contributed by atoms with Crippen molar-refractivity contribution >= 4 is 24.2 Å². The minimum absolute atomic E-state index is 0.0296. The van der Waals surface area contributed by atoms with Crippen molar-refractivity contribution in [3.8, 4) is 11.5 Å². The van der Waals surface area contributed by atoms with Crippen LogP contribution in [0.3, 0.4) is 0 Å². The predicted octanol–water partition coefficient (Wildman–Crippen LogP) is 3.18. The summed E-state index contributed by atoms with van der Waals surface area (Å²) in [6, 6.07) is 20.9. The van der Waals surface area contributed by atoms with Crippen molar-refractivity contribution < 1.29 is 4.79 Å². The van der Waals surface area contributed by atoms with Gasteiger partial charge in [-0.25, -0.2) is 0 Å². The molecule has 112 valence electrons. The van der Waals surface area contributed by atoms with Crippen LogP contribution in [0.25, 0.3) is 0 Å². The lowest BCUT2D eigenvalue weighted by Crippen LogP contribution is -2.63. The van der Waals surface area contributed by atoms with Gasteiger partial charge < -0.3 is 0 Å². The van der Waals surface area contributed by atoms with Crippen LogP contribution in [0.15, 0.2) is 60.7 Å². The fourth-order valence-corrected chi connectivity index (χ4v) is 7.40. The van der Waals surface area contributed by atoms with Gasteiger partial charge in [-0.1, -0.05) is 81.4 Å². The normalized spacial score (nSPS) is 11.5. The molecule has 0 fully saturated rings. The van der Waals surface area contributed by atoms with Crippen molar-refractivity contribution in [2.24, 2.45) is 0 Å². The highest BCUT2D eigenvalue weighted by molar-refractivity contribution is 7.10. The fourth-order valence-electron chi connectivity index (χ4n) is 2.92. The number of hydrogen-bond acceptors (Lipinski definition) is 1. The van der Waals surface area contributed by atoms with Crippen LogP contribution in [0.2, 0.25) is 5.04 Å². The Morgan fingerprint density at radius 2 is 1.27 bits per heavy atom. The number of benzene rings is 2. The minimum Gasteiger partial charge on any atom is -0.285 e. The number of hydrogen-bond donors (Lipinski definition) is 0. The number of ketones is 1. The summed E-state index contributed by atoms with van der Waals surface area (Å²) in [4.78, 5) is 11.5. The van der Waals surface area contributed by atoms with E-state index in [1.807, 2.05) is 12.1 Å². The molecule has 0 N–H and O–H groups in total. The van der Waals surface area contributed by atoms with E-state index in [0.29, 0.717) is 0 Å². The van der Waals surface area contributed by atoms with E-state index in [1.165, 1.54) is 17.3 Å². The molecule has 22 heavy (non-hydrogen) atoms. The Hall–Kier alpha value is -2.11. The molecule has 0 bridgehead atoms. The molecule has 0 saturated carbocycles. The maximum Gasteiger partial charge on any atom is 0.205 e. The first-order valence-corrected chi connectivity index (χ1v) is 9.53. The molecule has 2 aromatic carbocycles. The van der Waals surface area contributed by atoms with Crippen molar-refractivity contribution in [1.29, 1.82) is 0 Å². The van der Waals surface area contributed by atoms with E-state index in [4.69, 9.17) is 0 Å². The molecule has 0 aromatic heterocycles. The number of carbonyl (C=O) groups excluding carboxylic acids is 1. The minimum atomic E-state index is -2.39. The first-order chi connectivity index (χ1) is 10.4. The zero-order chi connectivity index (χ0) is 16.2. The van der Waals surface area contributed by atoms with E-state index < -0.39 is 8.07 Å². The molecule has 0 saturated heterocycles. The molecule has 0 amide bonds. The van der Waals surface area contributed by atoms with Gasteiger partial charge in [-0.05, 0) is 21.3 Å². The molecule has 0 unspecified atom stereocenters. The third kappa shape index (κ3) is 3.05. The summed E-state index contributed by atoms with van der Waals surface area (Å²) in [6.45, 7) is 8.22. The van der Waals surface area contributed by atoms with Gasteiger partial charge in [0.1, 0.15) is 0 Å². The third-order valence-electron chi connectivity index (χ3n) is 3.96. The van der Waals surface area contributed by atoms with Crippen LogP contribution in [-0.4, -0.2) is 13.9 Å². The van der Waals surface area contributed by atoms with Crippen LogP contribution in [-0.2, 0) is 4.79 Å². The van der Waals surface area contributed by atoms with Crippen LogP contribution in [0.4, 0.5) is 0 Å². The van der Waals surface area contributed by atoms with Gasteiger partial charge in [0, 0.05) is 6.92 Å². The van der Waals surface area contributed by atoms with Crippen molar-refractivity contribution in [2.75, 3.05) is 0 Å². The summed E-state index contributed by atoms with van der Waals surface area (Å²) < 4.78 is 0. The SMILES string of the molecule is CC(=O)C#C[Si](c1ccccc1)(c1ccccc1)C(C)(C)C. The monoisotopic (exact) mass is 306 g/mol. The van der Waals surface area contributed by atoms with Crippen LogP contribution in [0.5, 0.6) is 0 Å². The first-order valence-electron chi connectivity index (χ1n) is 7.53. The molecule has 0 spiro atoms. The van der Waals surface area contributed by atoms with Gasteiger partial charge in [0.25, 0.3) is 0 Å². The summed E-state index contributed by atoms with van der Waals surface area (Å²) in [5.74, 6) is 2.79. The zero-order valence-electron chi connectivity index (χ0n) is 13.7. The Morgan fingerprint density at radius 1 is 0.864 bits per heavy atom. The van der Waals surface area contributed by atoms with Crippen LogP contribution in [0.1, 0.15) is 27.7 Å². The van der Waals surface area contributed by atoms with Gasteiger partial charge in [0.05, 0.1) is 0 Å². The fraction of sp³-hybridized carbons (Fsp3) is 0.250. The molecule has 0 aliphatic rings. The van der Waals surface area contributed by atoms with E-state index in [2.05, 4.69) is 80.8 Å². The molecule has 0 aliphatic heterocycles. The molecular formula is C20H22OSi. The lowest BCUT2D eigenvalue weighted by Gasteiger charge is -2.39. The molecular weight excluding hydrogens is 284 g/mol. The van der Waals surface area contributed by atoms with Gasteiger partial charge in [0.15, 0.2) is 0 Å². The summed E-state index contributed by atoms with van der Waals surface area (Å²) >= 11 is 0. The Bertz CT molecular complexity index is 661. The summed E-state index contributed by atoms with van der Waals surface area (Å²) in [5.41, 5.74) is 3.44. The zero-order valence-corrected chi connectivity index (χ0v) is 14.7. The molecule has 0 heterocycles.